The highest BCUT2D eigenvalue weighted by Crippen LogP contribution is 2.48. The van der Waals surface area contributed by atoms with Crippen molar-refractivity contribution in [3.63, 3.8) is 0 Å². The summed E-state index contributed by atoms with van der Waals surface area (Å²) in [4.78, 5) is 11.8. The van der Waals surface area contributed by atoms with Gasteiger partial charge in [0, 0.05) is 23.4 Å². The third kappa shape index (κ3) is 3.36. The lowest BCUT2D eigenvalue weighted by atomic mass is 9.87. The van der Waals surface area contributed by atoms with Crippen molar-refractivity contribution in [2.75, 3.05) is 7.11 Å². The lowest BCUT2D eigenvalue weighted by Crippen LogP contribution is -2.04. The highest BCUT2D eigenvalue weighted by atomic mass is 16.5. The molecule has 0 amide bonds. The van der Waals surface area contributed by atoms with E-state index in [1.807, 2.05) is 48.5 Å². The van der Waals surface area contributed by atoms with Crippen LogP contribution in [-0.2, 0) is 4.79 Å². The maximum Gasteiger partial charge on any atom is 0.308 e. The first-order chi connectivity index (χ1) is 14.1. The molecule has 144 valence electrons. The van der Waals surface area contributed by atoms with Crippen molar-refractivity contribution in [1.82, 2.24) is 0 Å². The van der Waals surface area contributed by atoms with Crippen molar-refractivity contribution in [2.24, 2.45) is 0 Å². The second kappa shape index (κ2) is 7.80. The van der Waals surface area contributed by atoms with E-state index in [-0.39, 0.29) is 5.97 Å². The van der Waals surface area contributed by atoms with E-state index in [0.717, 1.165) is 44.3 Å². The van der Waals surface area contributed by atoms with Gasteiger partial charge in [0.05, 0.1) is 7.11 Å². The summed E-state index contributed by atoms with van der Waals surface area (Å²) in [6.07, 6.45) is 0. The summed E-state index contributed by atoms with van der Waals surface area (Å²) in [6.45, 7) is 3.48. The quantitative estimate of drug-likeness (QED) is 0.302. The molecule has 4 rings (SSSR count). The molecular weight excluding hydrogens is 360 g/mol. The molecule has 0 aliphatic heterocycles. The number of rotatable bonds is 4. The number of methoxy groups -OCH3 is 1. The summed E-state index contributed by atoms with van der Waals surface area (Å²) in [7, 11) is 1.70. The van der Waals surface area contributed by atoms with Crippen molar-refractivity contribution in [2.45, 2.75) is 13.8 Å². The Balaban J connectivity index is 2.20. The monoisotopic (exact) mass is 382 g/mol. The summed E-state index contributed by atoms with van der Waals surface area (Å²) in [5, 5.41) is 1.89. The van der Waals surface area contributed by atoms with E-state index in [1.165, 1.54) is 6.92 Å². The average Bonchev–Trinajstić information content (AvgIpc) is 2.74. The van der Waals surface area contributed by atoms with Crippen molar-refractivity contribution in [3.8, 4) is 33.8 Å². The highest BCUT2D eigenvalue weighted by Gasteiger charge is 2.22. The molecule has 0 saturated heterocycles. The first-order valence-corrected chi connectivity index (χ1v) is 9.54. The van der Waals surface area contributed by atoms with Crippen LogP contribution in [0.25, 0.3) is 33.0 Å². The van der Waals surface area contributed by atoms with Gasteiger partial charge >= 0.3 is 5.97 Å². The third-order valence-corrected chi connectivity index (χ3v) is 5.07. The van der Waals surface area contributed by atoms with Gasteiger partial charge in [0.2, 0.25) is 0 Å². The maximum absolute atomic E-state index is 11.8. The zero-order valence-corrected chi connectivity index (χ0v) is 16.7. The Morgan fingerprint density at radius 3 is 1.90 bits per heavy atom. The summed E-state index contributed by atoms with van der Waals surface area (Å²) in [5.41, 5.74) is 5.11. The topological polar surface area (TPSA) is 35.5 Å². The fourth-order valence-corrected chi connectivity index (χ4v) is 3.96. The number of ether oxygens (including phenoxy) is 2. The van der Waals surface area contributed by atoms with Crippen LogP contribution in [0, 0.1) is 6.92 Å². The molecule has 0 atom stereocenters. The predicted octanol–water partition coefficient (Wildman–Crippen LogP) is 6.42. The van der Waals surface area contributed by atoms with Crippen LogP contribution in [0.5, 0.6) is 11.5 Å². The van der Waals surface area contributed by atoms with Gasteiger partial charge in [-0.15, -0.1) is 0 Å². The molecule has 3 heteroatoms. The van der Waals surface area contributed by atoms with Crippen LogP contribution in [0.3, 0.4) is 0 Å². The zero-order chi connectivity index (χ0) is 20.4. The molecule has 0 aromatic heterocycles. The van der Waals surface area contributed by atoms with Crippen molar-refractivity contribution in [1.29, 1.82) is 0 Å². The number of carbonyl (C=O) groups excluding carboxylic acids is 1. The second-order valence-electron chi connectivity index (χ2n) is 6.91. The molecule has 0 radical (unpaired) electrons. The van der Waals surface area contributed by atoms with Crippen LogP contribution < -0.4 is 9.47 Å². The average molecular weight is 382 g/mol. The standard InChI is InChI=1S/C26H22O3/c1-17-23(19-11-6-4-7-12-19)25-21(15-10-16-22(25)29-18(2)27)24(26(17)28-3)20-13-8-5-9-14-20/h4-16H,1-3H3. The number of hydrogen-bond acceptors (Lipinski definition) is 3. The Morgan fingerprint density at radius 1 is 0.759 bits per heavy atom. The van der Waals surface area contributed by atoms with Crippen LogP contribution in [0.15, 0.2) is 78.9 Å². The fraction of sp³-hybridized carbons (Fsp3) is 0.115. The molecule has 3 nitrogen and oxygen atoms in total. The Hall–Kier alpha value is -3.59. The van der Waals surface area contributed by atoms with E-state index in [1.54, 1.807) is 7.11 Å². The van der Waals surface area contributed by atoms with E-state index in [2.05, 4.69) is 37.3 Å². The molecule has 0 saturated carbocycles. The largest absolute Gasteiger partial charge is 0.496 e. The molecule has 0 fully saturated rings. The molecule has 0 aliphatic rings. The van der Waals surface area contributed by atoms with Gasteiger partial charge in [0.25, 0.3) is 0 Å². The van der Waals surface area contributed by atoms with Gasteiger partial charge in [0.1, 0.15) is 11.5 Å². The minimum absolute atomic E-state index is 0.341. The van der Waals surface area contributed by atoms with Crippen molar-refractivity contribution in [3.05, 3.63) is 84.4 Å². The van der Waals surface area contributed by atoms with Gasteiger partial charge in [-0.3, -0.25) is 4.79 Å². The molecule has 0 unspecified atom stereocenters. The fourth-order valence-electron chi connectivity index (χ4n) is 3.96. The number of carbonyl (C=O) groups is 1. The number of esters is 1. The summed E-state index contributed by atoms with van der Waals surface area (Å²) in [6, 6.07) is 26.1. The molecule has 0 bridgehead atoms. The van der Waals surface area contributed by atoms with Gasteiger partial charge in [-0.1, -0.05) is 72.8 Å². The summed E-state index contributed by atoms with van der Waals surface area (Å²) < 4.78 is 11.5. The van der Waals surface area contributed by atoms with Crippen LogP contribution in [0.1, 0.15) is 12.5 Å². The SMILES string of the molecule is COc1c(C)c(-c2ccccc2)c2c(OC(C)=O)cccc2c1-c1ccccc1. The lowest BCUT2D eigenvalue weighted by molar-refractivity contribution is -0.131. The van der Waals surface area contributed by atoms with Gasteiger partial charge in [-0.25, -0.2) is 0 Å². The first kappa shape index (κ1) is 18.8. The van der Waals surface area contributed by atoms with E-state index >= 15 is 0 Å². The zero-order valence-electron chi connectivity index (χ0n) is 16.7. The first-order valence-electron chi connectivity index (χ1n) is 9.54. The van der Waals surface area contributed by atoms with E-state index in [4.69, 9.17) is 9.47 Å². The normalized spacial score (nSPS) is 10.7. The van der Waals surface area contributed by atoms with Crippen molar-refractivity contribution >= 4 is 16.7 Å². The number of benzene rings is 4. The molecule has 4 aromatic carbocycles. The highest BCUT2D eigenvalue weighted by molar-refractivity contribution is 6.12. The predicted molar refractivity (Wildman–Crippen MR) is 117 cm³/mol. The maximum atomic E-state index is 11.8. The van der Waals surface area contributed by atoms with Crippen LogP contribution in [0.2, 0.25) is 0 Å². The van der Waals surface area contributed by atoms with Crippen molar-refractivity contribution < 1.29 is 14.3 Å². The Labute approximate surface area is 170 Å². The number of hydrogen-bond donors (Lipinski definition) is 0. The van der Waals surface area contributed by atoms with Crippen LogP contribution in [-0.4, -0.2) is 13.1 Å². The van der Waals surface area contributed by atoms with Gasteiger partial charge < -0.3 is 9.47 Å². The molecule has 0 spiro atoms. The minimum Gasteiger partial charge on any atom is -0.496 e. The van der Waals surface area contributed by atoms with Gasteiger partial charge in [-0.05, 0) is 35.1 Å². The Morgan fingerprint density at radius 2 is 1.34 bits per heavy atom. The lowest BCUT2D eigenvalue weighted by Gasteiger charge is -2.21. The van der Waals surface area contributed by atoms with Crippen LogP contribution >= 0.6 is 0 Å². The second-order valence-corrected chi connectivity index (χ2v) is 6.91. The third-order valence-electron chi connectivity index (χ3n) is 5.07. The summed E-state index contributed by atoms with van der Waals surface area (Å²) in [5.74, 6) is 1.03. The smallest absolute Gasteiger partial charge is 0.308 e. The van der Waals surface area contributed by atoms with E-state index in [0.29, 0.717) is 5.75 Å². The minimum atomic E-state index is -0.341. The summed E-state index contributed by atoms with van der Waals surface area (Å²) >= 11 is 0. The molecule has 0 heterocycles. The molecular formula is C26H22O3. The number of fused-ring (bicyclic) bond motifs is 1. The Kier molecular flexibility index (Phi) is 5.05. The molecule has 0 N–H and O–H groups in total. The Bertz CT molecular complexity index is 1180. The van der Waals surface area contributed by atoms with E-state index in [9.17, 15) is 4.79 Å². The van der Waals surface area contributed by atoms with Gasteiger partial charge in [0.15, 0.2) is 0 Å². The van der Waals surface area contributed by atoms with Crippen LogP contribution in [0.4, 0.5) is 0 Å². The van der Waals surface area contributed by atoms with Gasteiger partial charge in [-0.2, -0.15) is 0 Å². The molecule has 4 aromatic rings. The molecule has 0 aliphatic carbocycles. The molecule has 29 heavy (non-hydrogen) atoms. The van der Waals surface area contributed by atoms with E-state index < -0.39 is 0 Å².